The van der Waals surface area contributed by atoms with E-state index < -0.39 is 0 Å². The van der Waals surface area contributed by atoms with Crippen molar-refractivity contribution in [2.24, 2.45) is 0 Å². The molecule has 0 unspecified atom stereocenters. The zero-order chi connectivity index (χ0) is 15.2. The van der Waals surface area contributed by atoms with Gasteiger partial charge in [-0.25, -0.2) is 0 Å². The summed E-state index contributed by atoms with van der Waals surface area (Å²) in [6.45, 7) is 0.480. The Morgan fingerprint density at radius 2 is 1.67 bits per heavy atom. The van der Waals surface area contributed by atoms with Crippen molar-refractivity contribution in [2.45, 2.75) is 6.54 Å². The highest BCUT2D eigenvalue weighted by molar-refractivity contribution is 6.43. The van der Waals surface area contributed by atoms with Crippen molar-refractivity contribution in [3.05, 3.63) is 63.1 Å². The maximum atomic E-state index is 11.8. The van der Waals surface area contributed by atoms with Gasteiger partial charge in [-0.15, -0.1) is 0 Å². The minimum Gasteiger partial charge on any atom is -0.375 e. The molecule has 2 aromatic rings. The summed E-state index contributed by atoms with van der Waals surface area (Å²) < 4.78 is 0. The van der Waals surface area contributed by atoms with Crippen molar-refractivity contribution in [1.29, 1.82) is 0 Å². The first-order valence-electron chi connectivity index (χ1n) is 6.26. The van der Waals surface area contributed by atoms with Gasteiger partial charge >= 0.3 is 0 Å². The second-order valence-corrected chi connectivity index (χ2v) is 5.52. The smallest absolute Gasteiger partial charge is 0.239 e. The molecule has 21 heavy (non-hydrogen) atoms. The minimum absolute atomic E-state index is 0.102. The molecule has 0 aromatic heterocycles. The Labute approximate surface area is 138 Å². The van der Waals surface area contributed by atoms with Gasteiger partial charge in [0.2, 0.25) is 5.91 Å². The van der Waals surface area contributed by atoms with E-state index in [0.717, 1.165) is 5.56 Å². The molecule has 0 saturated carbocycles. The van der Waals surface area contributed by atoms with Gasteiger partial charge in [0.05, 0.1) is 22.3 Å². The summed E-state index contributed by atoms with van der Waals surface area (Å²) in [6.07, 6.45) is 0. The van der Waals surface area contributed by atoms with Crippen LogP contribution in [0.3, 0.4) is 0 Å². The van der Waals surface area contributed by atoms with E-state index in [1.165, 1.54) is 0 Å². The van der Waals surface area contributed by atoms with Crippen molar-refractivity contribution in [3.8, 4) is 0 Å². The molecule has 0 fully saturated rings. The lowest BCUT2D eigenvalue weighted by molar-refractivity contribution is -0.119. The zero-order valence-electron chi connectivity index (χ0n) is 11.0. The van der Waals surface area contributed by atoms with Crippen molar-refractivity contribution in [1.82, 2.24) is 5.32 Å². The topological polar surface area (TPSA) is 41.1 Å². The van der Waals surface area contributed by atoms with Crippen LogP contribution in [0.4, 0.5) is 5.69 Å². The average Bonchev–Trinajstić information content (AvgIpc) is 2.48. The quantitative estimate of drug-likeness (QED) is 0.846. The van der Waals surface area contributed by atoms with Gasteiger partial charge in [0.25, 0.3) is 0 Å². The standard InChI is InChI=1S/C15H13Cl3N2O/c16-11-5-2-1-4-10(11)8-20-14(21)9-19-13-7-3-6-12(17)15(13)18/h1-7,19H,8-9H2,(H,20,21). The van der Waals surface area contributed by atoms with Crippen molar-refractivity contribution in [2.75, 3.05) is 11.9 Å². The van der Waals surface area contributed by atoms with Crippen LogP contribution in [0, 0.1) is 0 Å². The fraction of sp³-hybridized carbons (Fsp3) is 0.133. The lowest BCUT2D eigenvalue weighted by Gasteiger charge is -2.10. The van der Waals surface area contributed by atoms with Gasteiger partial charge in [-0.1, -0.05) is 59.1 Å². The molecule has 6 heteroatoms. The Hall–Kier alpha value is -1.42. The van der Waals surface area contributed by atoms with E-state index in [1.807, 2.05) is 18.2 Å². The molecule has 0 radical (unpaired) electrons. The van der Waals surface area contributed by atoms with E-state index in [2.05, 4.69) is 10.6 Å². The van der Waals surface area contributed by atoms with Crippen LogP contribution in [0.25, 0.3) is 0 Å². The van der Waals surface area contributed by atoms with Gasteiger partial charge < -0.3 is 10.6 Å². The summed E-state index contributed by atoms with van der Waals surface area (Å²) in [7, 11) is 0. The zero-order valence-corrected chi connectivity index (χ0v) is 13.3. The predicted molar refractivity (Wildman–Crippen MR) is 88.3 cm³/mol. The van der Waals surface area contributed by atoms with Gasteiger partial charge in [-0.2, -0.15) is 0 Å². The maximum absolute atomic E-state index is 11.8. The number of amides is 1. The van der Waals surface area contributed by atoms with E-state index >= 15 is 0 Å². The highest BCUT2D eigenvalue weighted by Crippen LogP contribution is 2.29. The van der Waals surface area contributed by atoms with E-state index in [1.54, 1.807) is 24.3 Å². The molecule has 0 aliphatic rings. The Bertz CT molecular complexity index is 647. The highest BCUT2D eigenvalue weighted by atomic mass is 35.5. The SMILES string of the molecule is O=C(CNc1cccc(Cl)c1Cl)NCc1ccccc1Cl. The number of halogens is 3. The summed E-state index contributed by atoms with van der Waals surface area (Å²) >= 11 is 17.9. The van der Waals surface area contributed by atoms with Crippen LogP contribution < -0.4 is 10.6 Å². The second kappa shape index (κ2) is 7.55. The lowest BCUT2D eigenvalue weighted by atomic mass is 10.2. The van der Waals surface area contributed by atoms with Crippen molar-refractivity contribution >= 4 is 46.4 Å². The van der Waals surface area contributed by atoms with E-state index in [4.69, 9.17) is 34.8 Å². The number of carbonyl (C=O) groups is 1. The van der Waals surface area contributed by atoms with Gasteiger partial charge in [0.15, 0.2) is 0 Å². The van der Waals surface area contributed by atoms with E-state index in [9.17, 15) is 4.79 Å². The molecule has 0 spiro atoms. The molecule has 110 valence electrons. The first-order chi connectivity index (χ1) is 10.1. The third kappa shape index (κ3) is 4.53. The number of benzene rings is 2. The summed E-state index contributed by atoms with van der Waals surface area (Å²) in [5.41, 5.74) is 1.49. The van der Waals surface area contributed by atoms with Crippen LogP contribution in [0.15, 0.2) is 42.5 Å². The Morgan fingerprint density at radius 3 is 2.43 bits per heavy atom. The molecule has 2 N–H and O–H groups in total. The number of carbonyl (C=O) groups excluding carboxylic acids is 1. The van der Waals surface area contributed by atoms with E-state index in [-0.39, 0.29) is 12.5 Å². The number of hydrogen-bond acceptors (Lipinski definition) is 2. The molecule has 1 amide bonds. The lowest BCUT2D eigenvalue weighted by Crippen LogP contribution is -2.29. The van der Waals surface area contributed by atoms with Crippen LogP contribution in [0.5, 0.6) is 0 Å². The monoisotopic (exact) mass is 342 g/mol. The first kappa shape index (κ1) is 16.0. The first-order valence-corrected chi connectivity index (χ1v) is 7.39. The fourth-order valence-electron chi connectivity index (χ4n) is 1.71. The number of rotatable bonds is 5. The minimum atomic E-state index is -0.161. The summed E-state index contributed by atoms with van der Waals surface area (Å²) in [4.78, 5) is 11.8. The number of anilines is 1. The van der Waals surface area contributed by atoms with Crippen LogP contribution in [-0.2, 0) is 11.3 Å². The van der Waals surface area contributed by atoms with Crippen LogP contribution in [-0.4, -0.2) is 12.5 Å². The molecule has 2 aromatic carbocycles. The normalized spacial score (nSPS) is 10.2. The summed E-state index contributed by atoms with van der Waals surface area (Å²) in [5.74, 6) is -0.161. The van der Waals surface area contributed by atoms with Gasteiger partial charge in [-0.3, -0.25) is 4.79 Å². The van der Waals surface area contributed by atoms with Gasteiger partial charge in [0, 0.05) is 11.6 Å². The highest BCUT2D eigenvalue weighted by Gasteiger charge is 2.07. The third-order valence-electron chi connectivity index (χ3n) is 2.82. The molecule has 0 aliphatic heterocycles. The summed E-state index contributed by atoms with van der Waals surface area (Å²) in [6, 6.07) is 12.6. The largest absolute Gasteiger partial charge is 0.375 e. The second-order valence-electron chi connectivity index (χ2n) is 4.32. The maximum Gasteiger partial charge on any atom is 0.239 e. The van der Waals surface area contributed by atoms with Gasteiger partial charge in [-0.05, 0) is 23.8 Å². The molecule has 0 bridgehead atoms. The molecular weight excluding hydrogens is 331 g/mol. The molecular formula is C15H13Cl3N2O. The van der Waals surface area contributed by atoms with Crippen LogP contribution in [0.2, 0.25) is 15.1 Å². The van der Waals surface area contributed by atoms with Gasteiger partial charge in [0.1, 0.15) is 0 Å². The molecule has 0 saturated heterocycles. The van der Waals surface area contributed by atoms with Crippen LogP contribution >= 0.6 is 34.8 Å². The molecule has 0 aliphatic carbocycles. The molecule has 0 atom stereocenters. The number of hydrogen-bond donors (Lipinski definition) is 2. The summed E-state index contributed by atoms with van der Waals surface area (Å²) in [5, 5.41) is 7.20. The molecule has 3 nitrogen and oxygen atoms in total. The average molecular weight is 344 g/mol. The third-order valence-corrected chi connectivity index (χ3v) is 4.01. The Morgan fingerprint density at radius 1 is 0.952 bits per heavy atom. The van der Waals surface area contributed by atoms with Crippen molar-refractivity contribution < 1.29 is 4.79 Å². The predicted octanol–water partition coefficient (Wildman–Crippen LogP) is 4.38. The molecule has 2 rings (SSSR count). The number of nitrogens with one attached hydrogen (secondary N) is 2. The Balaban J connectivity index is 1.85. The fourth-order valence-corrected chi connectivity index (χ4v) is 2.28. The Kier molecular flexibility index (Phi) is 5.74. The van der Waals surface area contributed by atoms with Crippen molar-refractivity contribution in [3.63, 3.8) is 0 Å². The van der Waals surface area contributed by atoms with E-state index in [0.29, 0.717) is 27.3 Å². The van der Waals surface area contributed by atoms with Crippen LogP contribution in [0.1, 0.15) is 5.56 Å². The molecule has 0 heterocycles.